The Kier molecular flexibility index (Phi) is 5.57. The van der Waals surface area contributed by atoms with Gasteiger partial charge in [0.1, 0.15) is 5.82 Å². The monoisotopic (exact) mass is 380 g/mol. The fraction of sp³-hybridized carbons (Fsp3) is 0.143. The summed E-state index contributed by atoms with van der Waals surface area (Å²) in [6.07, 6.45) is 2.03. The molecule has 0 saturated carbocycles. The third-order valence-electron chi connectivity index (χ3n) is 5.44. The van der Waals surface area contributed by atoms with Crippen molar-refractivity contribution in [2.75, 3.05) is 0 Å². The summed E-state index contributed by atoms with van der Waals surface area (Å²) in [5.74, 6) is -0.185. The van der Waals surface area contributed by atoms with Gasteiger partial charge in [-0.3, -0.25) is 0 Å². The molecule has 4 aromatic carbocycles. The summed E-state index contributed by atoms with van der Waals surface area (Å²) in [5, 5.41) is 0. The lowest BCUT2D eigenvalue weighted by Crippen LogP contribution is -1.92. The van der Waals surface area contributed by atoms with Gasteiger partial charge in [0.15, 0.2) is 0 Å². The number of hydrogen-bond acceptors (Lipinski definition) is 0. The molecule has 144 valence electrons. The topological polar surface area (TPSA) is 0 Å². The van der Waals surface area contributed by atoms with E-state index in [4.69, 9.17) is 0 Å². The third kappa shape index (κ3) is 4.63. The van der Waals surface area contributed by atoms with Gasteiger partial charge in [-0.25, -0.2) is 4.39 Å². The third-order valence-corrected chi connectivity index (χ3v) is 5.44. The Morgan fingerprint density at radius 3 is 1.52 bits per heavy atom. The molecule has 29 heavy (non-hydrogen) atoms. The molecular formula is C28H25F. The van der Waals surface area contributed by atoms with Gasteiger partial charge >= 0.3 is 0 Å². The molecule has 0 saturated heterocycles. The lowest BCUT2D eigenvalue weighted by atomic mass is 9.97. The summed E-state index contributed by atoms with van der Waals surface area (Å²) >= 11 is 0. The van der Waals surface area contributed by atoms with E-state index < -0.39 is 0 Å². The van der Waals surface area contributed by atoms with E-state index in [0.29, 0.717) is 5.56 Å². The molecule has 0 aliphatic rings. The van der Waals surface area contributed by atoms with Crippen molar-refractivity contribution in [1.29, 1.82) is 0 Å². The van der Waals surface area contributed by atoms with E-state index in [2.05, 4.69) is 55.5 Å². The number of hydrogen-bond donors (Lipinski definition) is 0. The Hall–Kier alpha value is -3.19. The first-order valence-electron chi connectivity index (χ1n) is 10.1. The molecule has 0 aliphatic heterocycles. The maximum Gasteiger partial charge on any atom is 0.131 e. The first-order chi connectivity index (χ1) is 14.1. The molecule has 0 unspecified atom stereocenters. The standard InChI is InChI=1S/C28H25F/c1-20-3-7-22(8-4-20)9-10-23-11-15-24(16-12-23)26-17-18-27(28(29)19-26)25-13-5-21(2)6-14-25/h3-8,11-19H,9-10H2,1-2H3. The number of halogens is 1. The van der Waals surface area contributed by atoms with E-state index in [9.17, 15) is 4.39 Å². The molecule has 0 bridgehead atoms. The Labute approximate surface area is 172 Å². The van der Waals surface area contributed by atoms with Crippen molar-refractivity contribution in [3.05, 3.63) is 119 Å². The van der Waals surface area contributed by atoms with Crippen LogP contribution in [0.5, 0.6) is 0 Å². The van der Waals surface area contributed by atoms with E-state index in [0.717, 1.165) is 29.5 Å². The van der Waals surface area contributed by atoms with Crippen LogP contribution in [-0.4, -0.2) is 0 Å². The van der Waals surface area contributed by atoms with Gasteiger partial charge in [0.25, 0.3) is 0 Å². The Morgan fingerprint density at radius 2 is 0.966 bits per heavy atom. The summed E-state index contributed by atoms with van der Waals surface area (Å²) in [6, 6.07) is 30.7. The van der Waals surface area contributed by atoms with Gasteiger partial charge in [-0.05, 0) is 60.6 Å². The van der Waals surface area contributed by atoms with E-state index in [1.807, 2.05) is 43.3 Å². The zero-order valence-corrected chi connectivity index (χ0v) is 17.0. The summed E-state index contributed by atoms with van der Waals surface area (Å²) in [4.78, 5) is 0. The zero-order valence-electron chi connectivity index (χ0n) is 17.0. The van der Waals surface area contributed by atoms with E-state index >= 15 is 0 Å². The van der Waals surface area contributed by atoms with Crippen molar-refractivity contribution in [3.8, 4) is 22.3 Å². The Balaban J connectivity index is 1.47. The van der Waals surface area contributed by atoms with Crippen molar-refractivity contribution in [1.82, 2.24) is 0 Å². The highest BCUT2D eigenvalue weighted by Gasteiger charge is 2.08. The molecule has 0 nitrogen and oxygen atoms in total. The SMILES string of the molecule is Cc1ccc(CCc2ccc(-c3ccc(-c4ccc(C)cc4)c(F)c3)cc2)cc1. The minimum absolute atomic E-state index is 0.185. The van der Waals surface area contributed by atoms with E-state index in [1.54, 1.807) is 6.07 Å². The smallest absolute Gasteiger partial charge is 0.131 e. The normalized spacial score (nSPS) is 10.9. The van der Waals surface area contributed by atoms with Crippen LogP contribution < -0.4 is 0 Å². The van der Waals surface area contributed by atoms with Gasteiger partial charge in [-0.1, -0.05) is 96.1 Å². The van der Waals surface area contributed by atoms with Crippen molar-refractivity contribution in [2.24, 2.45) is 0 Å². The molecular weight excluding hydrogens is 355 g/mol. The van der Waals surface area contributed by atoms with Gasteiger partial charge in [-0.15, -0.1) is 0 Å². The number of aryl methyl sites for hydroxylation is 4. The quantitative estimate of drug-likeness (QED) is 0.335. The predicted molar refractivity (Wildman–Crippen MR) is 121 cm³/mol. The van der Waals surface area contributed by atoms with Crippen molar-refractivity contribution < 1.29 is 4.39 Å². The summed E-state index contributed by atoms with van der Waals surface area (Å²) < 4.78 is 14.7. The molecule has 0 spiro atoms. The fourth-order valence-electron chi connectivity index (χ4n) is 3.57. The molecule has 0 aliphatic carbocycles. The molecule has 0 amide bonds. The molecule has 1 heteroatoms. The van der Waals surface area contributed by atoms with Crippen LogP contribution in [0, 0.1) is 19.7 Å². The molecule has 0 N–H and O–H groups in total. The maximum absolute atomic E-state index is 14.7. The second-order valence-electron chi connectivity index (χ2n) is 7.74. The highest BCUT2D eigenvalue weighted by atomic mass is 19.1. The highest BCUT2D eigenvalue weighted by molar-refractivity contribution is 5.71. The first-order valence-corrected chi connectivity index (χ1v) is 10.1. The van der Waals surface area contributed by atoms with Crippen LogP contribution in [0.2, 0.25) is 0 Å². The molecule has 0 aromatic heterocycles. The second kappa shape index (κ2) is 8.45. The molecule has 4 rings (SSSR count). The molecule has 0 radical (unpaired) electrons. The lowest BCUT2D eigenvalue weighted by Gasteiger charge is -2.09. The van der Waals surface area contributed by atoms with Crippen molar-refractivity contribution in [3.63, 3.8) is 0 Å². The van der Waals surface area contributed by atoms with Crippen LogP contribution in [0.25, 0.3) is 22.3 Å². The van der Waals surface area contributed by atoms with Gasteiger partial charge in [-0.2, -0.15) is 0 Å². The van der Waals surface area contributed by atoms with Crippen molar-refractivity contribution in [2.45, 2.75) is 26.7 Å². The minimum atomic E-state index is -0.185. The van der Waals surface area contributed by atoms with Crippen molar-refractivity contribution >= 4 is 0 Å². The fourth-order valence-corrected chi connectivity index (χ4v) is 3.57. The van der Waals surface area contributed by atoms with Crippen LogP contribution in [0.3, 0.4) is 0 Å². The van der Waals surface area contributed by atoms with Crippen LogP contribution in [0.15, 0.2) is 91.0 Å². The molecule has 4 aromatic rings. The largest absolute Gasteiger partial charge is 0.206 e. The Morgan fingerprint density at radius 1 is 0.517 bits per heavy atom. The highest BCUT2D eigenvalue weighted by Crippen LogP contribution is 2.28. The van der Waals surface area contributed by atoms with E-state index in [1.165, 1.54) is 22.3 Å². The van der Waals surface area contributed by atoms with Crippen LogP contribution in [0.4, 0.5) is 4.39 Å². The summed E-state index contributed by atoms with van der Waals surface area (Å²) in [6.45, 7) is 4.15. The Bertz CT molecular complexity index is 1090. The average molecular weight is 381 g/mol. The molecule has 0 heterocycles. The van der Waals surface area contributed by atoms with Crippen LogP contribution in [-0.2, 0) is 12.8 Å². The van der Waals surface area contributed by atoms with Gasteiger partial charge in [0.05, 0.1) is 0 Å². The predicted octanol–water partition coefficient (Wildman–Crippen LogP) is 7.56. The van der Waals surface area contributed by atoms with Gasteiger partial charge < -0.3 is 0 Å². The second-order valence-corrected chi connectivity index (χ2v) is 7.74. The minimum Gasteiger partial charge on any atom is -0.206 e. The van der Waals surface area contributed by atoms with E-state index in [-0.39, 0.29) is 5.82 Å². The zero-order chi connectivity index (χ0) is 20.2. The lowest BCUT2D eigenvalue weighted by molar-refractivity contribution is 0.632. The molecule has 0 fully saturated rings. The van der Waals surface area contributed by atoms with Crippen LogP contribution >= 0.6 is 0 Å². The summed E-state index contributed by atoms with van der Waals surface area (Å²) in [7, 11) is 0. The number of rotatable bonds is 5. The summed E-state index contributed by atoms with van der Waals surface area (Å²) in [5.41, 5.74) is 8.61. The first kappa shape index (κ1) is 19.1. The maximum atomic E-state index is 14.7. The number of benzene rings is 4. The van der Waals surface area contributed by atoms with Gasteiger partial charge in [0, 0.05) is 5.56 Å². The average Bonchev–Trinajstić information content (AvgIpc) is 2.74. The van der Waals surface area contributed by atoms with Gasteiger partial charge in [0.2, 0.25) is 0 Å². The molecule has 0 atom stereocenters. The van der Waals surface area contributed by atoms with Crippen LogP contribution in [0.1, 0.15) is 22.3 Å².